The smallest absolute Gasteiger partial charge is 0.327 e. The Morgan fingerprint density at radius 1 is 1.03 bits per heavy atom. The fraction of sp³-hybridized carbons (Fsp3) is 0.222. The van der Waals surface area contributed by atoms with Gasteiger partial charge in [0, 0.05) is 12.5 Å². The Morgan fingerprint density at radius 2 is 1.75 bits per heavy atom. The van der Waals surface area contributed by atoms with E-state index in [0.717, 1.165) is 11.0 Å². The maximum atomic E-state index is 14.7. The van der Waals surface area contributed by atoms with Crippen molar-refractivity contribution in [1.29, 1.82) is 0 Å². The van der Waals surface area contributed by atoms with E-state index in [1.165, 1.54) is 55.6 Å². The number of benzene rings is 3. The fourth-order valence-electron chi connectivity index (χ4n) is 5.40. The maximum absolute atomic E-state index is 14.7. The van der Waals surface area contributed by atoms with E-state index >= 15 is 0 Å². The molecule has 0 spiro atoms. The van der Waals surface area contributed by atoms with Gasteiger partial charge < -0.3 is 9.84 Å². The molecule has 0 saturated carbocycles. The summed E-state index contributed by atoms with van der Waals surface area (Å²) in [5.74, 6) is -5.95. The Morgan fingerprint density at radius 3 is 2.42 bits per heavy atom. The van der Waals surface area contributed by atoms with Crippen molar-refractivity contribution in [2.24, 2.45) is 11.8 Å². The van der Waals surface area contributed by atoms with Gasteiger partial charge in [0.25, 0.3) is 0 Å². The van der Waals surface area contributed by atoms with Gasteiger partial charge in [0.15, 0.2) is 0 Å². The predicted molar refractivity (Wildman–Crippen MR) is 125 cm³/mol. The molecule has 4 atom stereocenters. The van der Waals surface area contributed by atoms with E-state index in [0.29, 0.717) is 11.1 Å². The molecule has 0 unspecified atom stereocenters. The van der Waals surface area contributed by atoms with Crippen LogP contribution in [0.2, 0.25) is 0 Å². The Labute approximate surface area is 205 Å². The Balaban J connectivity index is 1.69. The number of halogens is 2. The number of imide groups is 1. The second-order valence-electron chi connectivity index (χ2n) is 8.95. The minimum Gasteiger partial charge on any atom is -0.508 e. The first-order valence-corrected chi connectivity index (χ1v) is 11.3. The van der Waals surface area contributed by atoms with Crippen LogP contribution in [0.5, 0.6) is 5.75 Å². The summed E-state index contributed by atoms with van der Waals surface area (Å²) in [6.07, 6.45) is -0.0724. The number of rotatable bonds is 5. The van der Waals surface area contributed by atoms with E-state index < -0.39 is 52.8 Å². The lowest BCUT2D eigenvalue weighted by molar-refractivity contribution is -0.152. The zero-order chi connectivity index (χ0) is 25.6. The highest BCUT2D eigenvalue weighted by molar-refractivity contribution is 6.24. The van der Waals surface area contributed by atoms with Crippen molar-refractivity contribution < 1.29 is 33.0 Å². The lowest BCUT2D eigenvalue weighted by Crippen LogP contribution is -2.58. The molecular weight excluding hydrogens is 470 g/mol. The second-order valence-corrected chi connectivity index (χ2v) is 8.95. The van der Waals surface area contributed by atoms with Gasteiger partial charge in [-0.2, -0.15) is 0 Å². The van der Waals surface area contributed by atoms with Crippen LogP contribution in [0.1, 0.15) is 17.2 Å². The summed E-state index contributed by atoms with van der Waals surface area (Å²) in [7, 11) is 1.17. The first-order valence-electron chi connectivity index (χ1n) is 11.3. The molecule has 0 bridgehead atoms. The number of esters is 1. The highest BCUT2D eigenvalue weighted by Crippen LogP contribution is 2.51. The lowest BCUT2D eigenvalue weighted by Gasteiger charge is -2.32. The molecule has 36 heavy (non-hydrogen) atoms. The predicted octanol–water partition coefficient (Wildman–Crippen LogP) is 3.28. The number of hydrogen-bond donors (Lipinski definition) is 2. The SMILES string of the molecule is COC(=O)[C@]1(Cc2ccc(O)cc2)N[C@H](c2cccc(F)c2)[C@@H]2C(=O)N(c3ccccc3F)C(=O)[C@@H]21. The van der Waals surface area contributed by atoms with E-state index in [-0.39, 0.29) is 17.9 Å². The number of carbonyl (C=O) groups is 3. The van der Waals surface area contributed by atoms with Crippen molar-refractivity contribution in [3.63, 3.8) is 0 Å². The van der Waals surface area contributed by atoms with Crippen molar-refractivity contribution in [2.75, 3.05) is 12.0 Å². The van der Waals surface area contributed by atoms with Crippen LogP contribution in [0.4, 0.5) is 14.5 Å². The molecule has 2 aliphatic rings. The van der Waals surface area contributed by atoms with Crippen LogP contribution in [-0.4, -0.2) is 35.5 Å². The third-order valence-electron chi connectivity index (χ3n) is 6.92. The number of nitrogens with zero attached hydrogens (tertiary/aromatic N) is 1. The summed E-state index contributed by atoms with van der Waals surface area (Å²) in [6, 6.07) is 16.0. The number of fused-ring (bicyclic) bond motifs is 1. The standard InChI is InChI=1S/C27H22F2N2O5/c1-36-26(35)27(14-15-9-11-18(32)12-10-15)22-21(23(30-27)16-5-4-6-17(28)13-16)24(33)31(25(22)34)20-8-3-2-7-19(20)29/h2-13,21-23,30,32H,14H2,1H3/t21-,22-,23-,27-/m1/s1. The molecule has 5 rings (SSSR count). The van der Waals surface area contributed by atoms with Gasteiger partial charge >= 0.3 is 5.97 Å². The summed E-state index contributed by atoms with van der Waals surface area (Å²) in [4.78, 5) is 41.7. The molecule has 2 aliphatic heterocycles. The van der Waals surface area contributed by atoms with Crippen molar-refractivity contribution in [1.82, 2.24) is 5.32 Å². The Hall–Kier alpha value is -4.11. The molecule has 0 radical (unpaired) electrons. The van der Waals surface area contributed by atoms with Crippen LogP contribution >= 0.6 is 0 Å². The Bertz CT molecular complexity index is 1360. The topological polar surface area (TPSA) is 95.9 Å². The highest BCUT2D eigenvalue weighted by atomic mass is 19.1. The minimum absolute atomic E-state index is 0.0126. The molecule has 0 aromatic heterocycles. The summed E-state index contributed by atoms with van der Waals surface area (Å²) >= 11 is 0. The van der Waals surface area contributed by atoms with E-state index in [4.69, 9.17) is 4.74 Å². The summed E-state index contributed by atoms with van der Waals surface area (Å²) in [6.45, 7) is 0. The van der Waals surface area contributed by atoms with Crippen molar-refractivity contribution in [3.05, 3.63) is 95.6 Å². The molecule has 2 saturated heterocycles. The summed E-state index contributed by atoms with van der Waals surface area (Å²) in [5, 5.41) is 12.8. The van der Waals surface area contributed by atoms with Gasteiger partial charge in [0.05, 0.1) is 24.6 Å². The van der Waals surface area contributed by atoms with Gasteiger partial charge in [-0.3, -0.25) is 19.7 Å². The third kappa shape index (κ3) is 3.63. The quantitative estimate of drug-likeness (QED) is 0.419. The van der Waals surface area contributed by atoms with E-state index in [1.54, 1.807) is 18.2 Å². The van der Waals surface area contributed by atoms with Crippen LogP contribution in [0.15, 0.2) is 72.8 Å². The monoisotopic (exact) mass is 492 g/mol. The van der Waals surface area contributed by atoms with Crippen LogP contribution in [-0.2, 0) is 25.5 Å². The number of phenols is 1. The lowest BCUT2D eigenvalue weighted by atomic mass is 9.76. The number of methoxy groups -OCH3 is 1. The van der Waals surface area contributed by atoms with Crippen LogP contribution in [0.25, 0.3) is 0 Å². The van der Waals surface area contributed by atoms with Gasteiger partial charge in [-0.1, -0.05) is 36.4 Å². The average Bonchev–Trinajstić information content (AvgIpc) is 3.34. The van der Waals surface area contributed by atoms with Gasteiger partial charge in [0.2, 0.25) is 11.8 Å². The van der Waals surface area contributed by atoms with Crippen molar-refractivity contribution in [2.45, 2.75) is 18.0 Å². The van der Waals surface area contributed by atoms with Crippen LogP contribution < -0.4 is 10.2 Å². The normalized spacial score (nSPS) is 25.2. The number of phenolic OH excluding ortho intramolecular Hbond substituents is 1. The zero-order valence-corrected chi connectivity index (χ0v) is 19.2. The van der Waals surface area contributed by atoms with Crippen LogP contribution in [0.3, 0.4) is 0 Å². The van der Waals surface area contributed by atoms with Gasteiger partial charge in [0.1, 0.15) is 22.9 Å². The van der Waals surface area contributed by atoms with Gasteiger partial charge in [-0.05, 0) is 47.5 Å². The summed E-state index contributed by atoms with van der Waals surface area (Å²) in [5.41, 5.74) is -1.00. The maximum Gasteiger partial charge on any atom is 0.327 e. The number of hydrogen-bond acceptors (Lipinski definition) is 6. The third-order valence-corrected chi connectivity index (χ3v) is 6.92. The average molecular weight is 492 g/mol. The molecular formula is C27H22F2N2O5. The van der Waals surface area contributed by atoms with Gasteiger partial charge in [-0.25, -0.2) is 13.7 Å². The van der Waals surface area contributed by atoms with Crippen LogP contribution in [0, 0.1) is 23.5 Å². The number of carbonyl (C=O) groups excluding carboxylic acids is 3. The molecule has 184 valence electrons. The number of amides is 2. The van der Waals surface area contributed by atoms with E-state index in [2.05, 4.69) is 5.32 Å². The largest absolute Gasteiger partial charge is 0.508 e. The first kappa shape index (κ1) is 23.6. The molecule has 2 amide bonds. The number of nitrogens with one attached hydrogen (secondary N) is 1. The fourth-order valence-corrected chi connectivity index (χ4v) is 5.40. The molecule has 3 aromatic carbocycles. The molecule has 2 N–H and O–H groups in total. The molecule has 9 heteroatoms. The number of ether oxygens (including phenoxy) is 1. The van der Waals surface area contributed by atoms with E-state index in [1.807, 2.05) is 0 Å². The highest BCUT2D eigenvalue weighted by Gasteiger charge is 2.69. The molecule has 7 nitrogen and oxygen atoms in total. The van der Waals surface area contributed by atoms with Crippen molar-refractivity contribution >= 4 is 23.5 Å². The number of para-hydroxylation sites is 1. The molecule has 2 heterocycles. The number of anilines is 1. The molecule has 2 fully saturated rings. The molecule has 0 aliphatic carbocycles. The first-order chi connectivity index (χ1) is 17.3. The zero-order valence-electron chi connectivity index (χ0n) is 19.2. The second kappa shape index (κ2) is 8.83. The minimum atomic E-state index is -1.72. The molecule has 3 aromatic rings. The summed E-state index contributed by atoms with van der Waals surface area (Å²) < 4.78 is 34.0. The number of aromatic hydroxyl groups is 1. The van der Waals surface area contributed by atoms with E-state index in [9.17, 15) is 28.3 Å². The van der Waals surface area contributed by atoms with Crippen molar-refractivity contribution in [3.8, 4) is 5.75 Å². The Kier molecular flexibility index (Phi) is 5.80. The van der Waals surface area contributed by atoms with Gasteiger partial charge in [-0.15, -0.1) is 0 Å².